The quantitative estimate of drug-likeness (QED) is 0.575. The van der Waals surface area contributed by atoms with Gasteiger partial charge in [-0.05, 0) is 25.3 Å². The van der Waals surface area contributed by atoms with Crippen LogP contribution in [-0.2, 0) is 4.79 Å². The van der Waals surface area contributed by atoms with Gasteiger partial charge in [-0.1, -0.05) is 36.4 Å². The average Bonchev–Trinajstić information content (AvgIpc) is 2.30. The van der Waals surface area contributed by atoms with Crippen LogP contribution >= 0.6 is 0 Å². The highest BCUT2D eigenvalue weighted by atomic mass is 16.1. The van der Waals surface area contributed by atoms with E-state index in [0.29, 0.717) is 6.42 Å². The van der Waals surface area contributed by atoms with E-state index in [0.717, 1.165) is 18.4 Å². The number of hydrogen-bond donors (Lipinski definition) is 1. The molecule has 1 aromatic carbocycles. The Morgan fingerprint density at radius 2 is 2.12 bits per heavy atom. The van der Waals surface area contributed by atoms with Gasteiger partial charge in [-0.15, -0.1) is 6.58 Å². The maximum Gasteiger partial charge on any atom is 0.220 e. The molecule has 0 radical (unpaired) electrons. The zero-order valence-electron chi connectivity index (χ0n) is 9.78. The molecule has 1 aromatic rings. The Morgan fingerprint density at radius 3 is 2.75 bits per heavy atom. The predicted molar refractivity (Wildman–Crippen MR) is 67.0 cm³/mol. The van der Waals surface area contributed by atoms with Crippen molar-refractivity contribution >= 4 is 5.91 Å². The topological polar surface area (TPSA) is 29.1 Å². The number of carbonyl (C=O) groups excluding carboxylic acids is 1. The Labute approximate surface area is 97.4 Å². The minimum Gasteiger partial charge on any atom is -0.350 e. The maximum atomic E-state index is 11.6. The van der Waals surface area contributed by atoms with E-state index in [9.17, 15) is 4.79 Å². The lowest BCUT2D eigenvalue weighted by atomic mass is 10.1. The number of benzene rings is 1. The second kappa shape index (κ2) is 6.83. The summed E-state index contributed by atoms with van der Waals surface area (Å²) in [6.07, 6.45) is 4.18. The fourth-order valence-electron chi connectivity index (χ4n) is 1.55. The van der Waals surface area contributed by atoms with Crippen molar-refractivity contribution in [2.45, 2.75) is 32.2 Å². The van der Waals surface area contributed by atoms with Crippen LogP contribution in [0.15, 0.2) is 43.0 Å². The summed E-state index contributed by atoms with van der Waals surface area (Å²) in [4.78, 5) is 11.6. The number of amides is 1. The van der Waals surface area contributed by atoms with Crippen LogP contribution in [0.4, 0.5) is 0 Å². The van der Waals surface area contributed by atoms with Crippen LogP contribution in [0.25, 0.3) is 0 Å². The first-order valence-electron chi connectivity index (χ1n) is 5.69. The first kappa shape index (κ1) is 12.5. The smallest absolute Gasteiger partial charge is 0.220 e. The Bertz CT molecular complexity index is 332. The predicted octanol–water partition coefficient (Wildman–Crippen LogP) is 3.22. The number of carbonyl (C=O) groups is 1. The van der Waals surface area contributed by atoms with Crippen molar-refractivity contribution in [2.75, 3.05) is 0 Å². The molecule has 1 atom stereocenters. The fraction of sp³-hybridized carbons (Fsp3) is 0.357. The highest BCUT2D eigenvalue weighted by Crippen LogP contribution is 2.11. The standard InChI is InChI=1S/C14H19NO/c1-3-4-6-11-14(16)15-12(2)13-9-7-5-8-10-13/h3,5,7-10,12H,1,4,6,11H2,2H3,(H,15,16). The van der Waals surface area contributed by atoms with Crippen LogP contribution in [0.1, 0.15) is 37.8 Å². The van der Waals surface area contributed by atoms with Crippen LogP contribution in [0, 0.1) is 0 Å². The molecule has 0 aliphatic rings. The van der Waals surface area contributed by atoms with Crippen LogP contribution in [0.5, 0.6) is 0 Å². The van der Waals surface area contributed by atoms with Gasteiger partial charge in [-0.25, -0.2) is 0 Å². The van der Waals surface area contributed by atoms with E-state index in [-0.39, 0.29) is 11.9 Å². The molecular weight excluding hydrogens is 198 g/mol. The van der Waals surface area contributed by atoms with Gasteiger partial charge in [-0.3, -0.25) is 4.79 Å². The Balaban J connectivity index is 2.36. The average molecular weight is 217 g/mol. The molecule has 0 aromatic heterocycles. The highest BCUT2D eigenvalue weighted by Gasteiger charge is 2.07. The summed E-state index contributed by atoms with van der Waals surface area (Å²) in [6.45, 7) is 5.64. The van der Waals surface area contributed by atoms with E-state index in [1.807, 2.05) is 43.3 Å². The van der Waals surface area contributed by atoms with Crippen molar-refractivity contribution in [1.82, 2.24) is 5.32 Å². The van der Waals surface area contributed by atoms with Crippen LogP contribution < -0.4 is 5.32 Å². The zero-order chi connectivity index (χ0) is 11.8. The van der Waals surface area contributed by atoms with E-state index in [1.165, 1.54) is 0 Å². The Hall–Kier alpha value is -1.57. The third-order valence-corrected chi connectivity index (χ3v) is 2.49. The minimum absolute atomic E-state index is 0.0810. The van der Waals surface area contributed by atoms with Gasteiger partial charge in [0.1, 0.15) is 0 Å². The molecular formula is C14H19NO. The van der Waals surface area contributed by atoms with E-state index in [2.05, 4.69) is 11.9 Å². The number of unbranched alkanes of at least 4 members (excludes halogenated alkanes) is 1. The van der Waals surface area contributed by atoms with E-state index >= 15 is 0 Å². The third kappa shape index (κ3) is 4.30. The Kier molecular flexibility index (Phi) is 5.34. The fourth-order valence-corrected chi connectivity index (χ4v) is 1.55. The highest BCUT2D eigenvalue weighted by molar-refractivity contribution is 5.76. The molecule has 0 aliphatic heterocycles. The molecule has 2 nitrogen and oxygen atoms in total. The summed E-state index contributed by atoms with van der Waals surface area (Å²) < 4.78 is 0. The molecule has 0 aliphatic carbocycles. The van der Waals surface area contributed by atoms with Gasteiger partial charge in [0, 0.05) is 6.42 Å². The maximum absolute atomic E-state index is 11.6. The van der Waals surface area contributed by atoms with E-state index in [1.54, 1.807) is 0 Å². The number of hydrogen-bond acceptors (Lipinski definition) is 1. The monoisotopic (exact) mass is 217 g/mol. The van der Waals surface area contributed by atoms with Crippen molar-refractivity contribution in [1.29, 1.82) is 0 Å². The van der Waals surface area contributed by atoms with Crippen molar-refractivity contribution in [2.24, 2.45) is 0 Å². The van der Waals surface area contributed by atoms with Crippen LogP contribution in [-0.4, -0.2) is 5.91 Å². The van der Waals surface area contributed by atoms with Crippen molar-refractivity contribution in [3.8, 4) is 0 Å². The molecule has 16 heavy (non-hydrogen) atoms. The SMILES string of the molecule is C=CCCCC(=O)NC(C)c1ccccc1. The number of rotatable bonds is 6. The summed E-state index contributed by atoms with van der Waals surface area (Å²) >= 11 is 0. The molecule has 0 spiro atoms. The first-order valence-corrected chi connectivity index (χ1v) is 5.69. The van der Waals surface area contributed by atoms with Gasteiger partial charge in [-0.2, -0.15) is 0 Å². The molecule has 1 N–H and O–H groups in total. The van der Waals surface area contributed by atoms with Crippen molar-refractivity contribution in [3.05, 3.63) is 48.6 Å². The molecule has 2 heteroatoms. The normalized spacial score (nSPS) is 11.8. The second-order valence-electron chi connectivity index (χ2n) is 3.88. The Morgan fingerprint density at radius 1 is 1.44 bits per heavy atom. The number of nitrogens with one attached hydrogen (secondary N) is 1. The summed E-state index contributed by atoms with van der Waals surface area (Å²) in [5, 5.41) is 2.98. The summed E-state index contributed by atoms with van der Waals surface area (Å²) in [5.41, 5.74) is 1.14. The lowest BCUT2D eigenvalue weighted by Gasteiger charge is -2.13. The molecule has 1 unspecified atom stereocenters. The van der Waals surface area contributed by atoms with Gasteiger partial charge in [0.25, 0.3) is 0 Å². The lowest BCUT2D eigenvalue weighted by molar-refractivity contribution is -0.121. The molecule has 1 rings (SSSR count). The van der Waals surface area contributed by atoms with Gasteiger partial charge < -0.3 is 5.32 Å². The third-order valence-electron chi connectivity index (χ3n) is 2.49. The van der Waals surface area contributed by atoms with Crippen LogP contribution in [0.3, 0.4) is 0 Å². The van der Waals surface area contributed by atoms with Gasteiger partial charge in [0.15, 0.2) is 0 Å². The molecule has 0 bridgehead atoms. The van der Waals surface area contributed by atoms with E-state index in [4.69, 9.17) is 0 Å². The molecule has 1 amide bonds. The second-order valence-corrected chi connectivity index (χ2v) is 3.88. The largest absolute Gasteiger partial charge is 0.350 e. The van der Waals surface area contributed by atoms with Crippen LogP contribution in [0.2, 0.25) is 0 Å². The zero-order valence-corrected chi connectivity index (χ0v) is 9.78. The van der Waals surface area contributed by atoms with Gasteiger partial charge in [0.2, 0.25) is 5.91 Å². The van der Waals surface area contributed by atoms with Crippen molar-refractivity contribution < 1.29 is 4.79 Å². The summed E-state index contributed by atoms with van der Waals surface area (Å²) in [7, 11) is 0. The summed E-state index contributed by atoms with van der Waals surface area (Å²) in [6, 6.07) is 10.1. The molecule has 0 saturated heterocycles. The minimum atomic E-state index is 0.0810. The molecule has 0 fully saturated rings. The van der Waals surface area contributed by atoms with Gasteiger partial charge >= 0.3 is 0 Å². The van der Waals surface area contributed by atoms with Gasteiger partial charge in [0.05, 0.1) is 6.04 Å². The first-order chi connectivity index (χ1) is 7.74. The molecule has 0 heterocycles. The van der Waals surface area contributed by atoms with E-state index < -0.39 is 0 Å². The summed E-state index contributed by atoms with van der Waals surface area (Å²) in [5.74, 6) is 0.109. The van der Waals surface area contributed by atoms with Crippen molar-refractivity contribution in [3.63, 3.8) is 0 Å². The number of allylic oxidation sites excluding steroid dienone is 1. The molecule has 86 valence electrons. The molecule has 0 saturated carbocycles. The lowest BCUT2D eigenvalue weighted by Crippen LogP contribution is -2.26.